The standard InChI is InChI=1S/C15H22N2O/c1-3-12(4-2)15(18)11-13-9-10-17(16-13)14-7-5-6-8-14/h3,9-10,14H,4-8,11H2,1-2H3/b12-3-. The summed E-state index contributed by atoms with van der Waals surface area (Å²) in [5, 5.41) is 4.55. The average molecular weight is 246 g/mol. The van der Waals surface area contributed by atoms with Crippen LogP contribution < -0.4 is 0 Å². The Bertz CT molecular complexity index is 439. The van der Waals surface area contributed by atoms with Gasteiger partial charge in [0.2, 0.25) is 0 Å². The zero-order chi connectivity index (χ0) is 13.0. The quantitative estimate of drug-likeness (QED) is 0.746. The molecule has 0 spiro atoms. The predicted molar refractivity (Wildman–Crippen MR) is 72.5 cm³/mol. The van der Waals surface area contributed by atoms with E-state index in [1.807, 2.05) is 32.2 Å². The fourth-order valence-corrected chi connectivity index (χ4v) is 2.68. The van der Waals surface area contributed by atoms with E-state index in [2.05, 4.69) is 9.78 Å². The van der Waals surface area contributed by atoms with Gasteiger partial charge in [0.05, 0.1) is 18.2 Å². The van der Waals surface area contributed by atoms with E-state index in [4.69, 9.17) is 0 Å². The lowest BCUT2D eigenvalue weighted by molar-refractivity contribution is -0.115. The van der Waals surface area contributed by atoms with Gasteiger partial charge < -0.3 is 0 Å². The third-order valence-electron chi connectivity index (χ3n) is 3.79. The molecule has 0 aliphatic heterocycles. The Balaban J connectivity index is 2.00. The van der Waals surface area contributed by atoms with Gasteiger partial charge >= 0.3 is 0 Å². The number of carbonyl (C=O) groups excluding carboxylic acids is 1. The second-order valence-electron chi connectivity index (χ2n) is 4.99. The zero-order valence-electron chi connectivity index (χ0n) is 11.4. The molecule has 2 rings (SSSR count). The minimum atomic E-state index is 0.205. The molecule has 0 atom stereocenters. The Morgan fingerprint density at radius 3 is 2.83 bits per heavy atom. The van der Waals surface area contributed by atoms with Crippen molar-refractivity contribution in [1.29, 1.82) is 0 Å². The summed E-state index contributed by atoms with van der Waals surface area (Å²) in [4.78, 5) is 12.0. The predicted octanol–water partition coefficient (Wildman–Crippen LogP) is 3.47. The Kier molecular flexibility index (Phi) is 4.34. The van der Waals surface area contributed by atoms with Crippen molar-refractivity contribution in [1.82, 2.24) is 9.78 Å². The molecule has 1 fully saturated rings. The third kappa shape index (κ3) is 2.89. The van der Waals surface area contributed by atoms with Crippen molar-refractivity contribution in [2.75, 3.05) is 0 Å². The van der Waals surface area contributed by atoms with Crippen LogP contribution in [0.4, 0.5) is 0 Å². The topological polar surface area (TPSA) is 34.9 Å². The summed E-state index contributed by atoms with van der Waals surface area (Å²) >= 11 is 0. The highest BCUT2D eigenvalue weighted by molar-refractivity contribution is 5.96. The van der Waals surface area contributed by atoms with Crippen molar-refractivity contribution < 1.29 is 4.79 Å². The van der Waals surface area contributed by atoms with Gasteiger partial charge in [0.15, 0.2) is 5.78 Å². The van der Waals surface area contributed by atoms with E-state index in [0.29, 0.717) is 12.5 Å². The Morgan fingerprint density at radius 1 is 1.50 bits per heavy atom. The van der Waals surface area contributed by atoms with E-state index in [0.717, 1.165) is 17.7 Å². The lowest BCUT2D eigenvalue weighted by atomic mass is 10.0. The van der Waals surface area contributed by atoms with Crippen molar-refractivity contribution in [2.45, 2.75) is 58.4 Å². The molecule has 1 aliphatic carbocycles. The van der Waals surface area contributed by atoms with Crippen LogP contribution >= 0.6 is 0 Å². The maximum Gasteiger partial charge on any atom is 0.164 e. The van der Waals surface area contributed by atoms with E-state index < -0.39 is 0 Å². The number of hydrogen-bond acceptors (Lipinski definition) is 2. The monoisotopic (exact) mass is 246 g/mol. The fraction of sp³-hybridized carbons (Fsp3) is 0.600. The zero-order valence-corrected chi connectivity index (χ0v) is 11.4. The molecule has 1 saturated carbocycles. The summed E-state index contributed by atoms with van der Waals surface area (Å²) in [6, 6.07) is 2.54. The summed E-state index contributed by atoms with van der Waals surface area (Å²) in [6.07, 6.45) is 10.2. The van der Waals surface area contributed by atoms with Crippen molar-refractivity contribution in [3.63, 3.8) is 0 Å². The lowest BCUT2D eigenvalue weighted by Gasteiger charge is -2.08. The Hall–Kier alpha value is -1.38. The highest BCUT2D eigenvalue weighted by atomic mass is 16.1. The van der Waals surface area contributed by atoms with Gasteiger partial charge in [-0.15, -0.1) is 0 Å². The van der Waals surface area contributed by atoms with Gasteiger partial charge in [-0.1, -0.05) is 25.8 Å². The summed E-state index contributed by atoms with van der Waals surface area (Å²) < 4.78 is 2.05. The molecular formula is C15H22N2O. The number of hydrogen-bond donors (Lipinski definition) is 0. The summed E-state index contributed by atoms with van der Waals surface area (Å²) in [6.45, 7) is 3.94. The number of nitrogens with zero attached hydrogens (tertiary/aromatic N) is 2. The minimum absolute atomic E-state index is 0.205. The lowest BCUT2D eigenvalue weighted by Crippen LogP contribution is -2.09. The normalized spacial score (nSPS) is 17.3. The van der Waals surface area contributed by atoms with Gasteiger partial charge in [-0.25, -0.2) is 0 Å². The van der Waals surface area contributed by atoms with Crippen LogP contribution in [0.15, 0.2) is 23.9 Å². The van der Waals surface area contributed by atoms with Crippen LogP contribution in [0.1, 0.15) is 57.7 Å². The molecule has 3 heteroatoms. The van der Waals surface area contributed by atoms with E-state index in [-0.39, 0.29) is 5.78 Å². The number of aromatic nitrogens is 2. The van der Waals surface area contributed by atoms with Crippen LogP contribution in [0.2, 0.25) is 0 Å². The molecule has 98 valence electrons. The molecule has 1 heterocycles. The second kappa shape index (κ2) is 5.98. The Labute approximate surface area is 109 Å². The number of Topliss-reactive ketones (excluding diaryl/α,β-unsaturated/α-hetero) is 1. The summed E-state index contributed by atoms with van der Waals surface area (Å²) in [5.41, 5.74) is 1.81. The highest BCUT2D eigenvalue weighted by Gasteiger charge is 2.18. The van der Waals surface area contributed by atoms with Gasteiger partial charge in [0.1, 0.15) is 0 Å². The molecule has 0 amide bonds. The summed E-state index contributed by atoms with van der Waals surface area (Å²) in [5.74, 6) is 0.205. The molecule has 18 heavy (non-hydrogen) atoms. The SMILES string of the molecule is C/C=C(/CC)C(=O)Cc1ccn(C2CCCC2)n1. The van der Waals surface area contributed by atoms with Crippen molar-refractivity contribution in [3.05, 3.63) is 29.6 Å². The average Bonchev–Trinajstić information content (AvgIpc) is 3.00. The minimum Gasteiger partial charge on any atom is -0.294 e. The van der Waals surface area contributed by atoms with Crippen LogP contribution in [0.5, 0.6) is 0 Å². The van der Waals surface area contributed by atoms with Crippen LogP contribution in [0, 0.1) is 0 Å². The van der Waals surface area contributed by atoms with Crippen molar-refractivity contribution >= 4 is 5.78 Å². The maximum absolute atomic E-state index is 12.0. The molecular weight excluding hydrogens is 224 g/mol. The first-order chi connectivity index (χ1) is 8.74. The molecule has 0 saturated heterocycles. The van der Waals surface area contributed by atoms with E-state index in [9.17, 15) is 4.79 Å². The van der Waals surface area contributed by atoms with E-state index >= 15 is 0 Å². The third-order valence-corrected chi connectivity index (χ3v) is 3.79. The van der Waals surface area contributed by atoms with Gasteiger partial charge in [0.25, 0.3) is 0 Å². The fourth-order valence-electron chi connectivity index (χ4n) is 2.68. The van der Waals surface area contributed by atoms with Crippen LogP contribution in [0.3, 0.4) is 0 Å². The number of rotatable bonds is 5. The van der Waals surface area contributed by atoms with Crippen molar-refractivity contribution in [3.8, 4) is 0 Å². The molecule has 1 aliphatic rings. The van der Waals surface area contributed by atoms with E-state index in [1.54, 1.807) is 0 Å². The van der Waals surface area contributed by atoms with Gasteiger partial charge in [-0.2, -0.15) is 5.10 Å². The van der Waals surface area contributed by atoms with Crippen LogP contribution in [0.25, 0.3) is 0 Å². The van der Waals surface area contributed by atoms with Gasteiger partial charge in [-0.3, -0.25) is 9.48 Å². The van der Waals surface area contributed by atoms with Gasteiger partial charge in [0, 0.05) is 6.20 Å². The molecule has 1 aromatic rings. The number of ketones is 1. The first-order valence-corrected chi connectivity index (χ1v) is 6.97. The number of allylic oxidation sites excluding steroid dienone is 2. The van der Waals surface area contributed by atoms with Crippen LogP contribution in [-0.4, -0.2) is 15.6 Å². The second-order valence-corrected chi connectivity index (χ2v) is 4.99. The van der Waals surface area contributed by atoms with E-state index in [1.165, 1.54) is 25.7 Å². The Morgan fingerprint density at radius 2 is 2.22 bits per heavy atom. The molecule has 0 aromatic carbocycles. The molecule has 1 aromatic heterocycles. The van der Waals surface area contributed by atoms with Crippen molar-refractivity contribution in [2.24, 2.45) is 0 Å². The largest absolute Gasteiger partial charge is 0.294 e. The molecule has 0 bridgehead atoms. The molecule has 3 nitrogen and oxygen atoms in total. The number of carbonyl (C=O) groups is 1. The molecule has 0 radical (unpaired) electrons. The first kappa shape index (κ1) is 13.1. The molecule has 0 unspecified atom stereocenters. The molecule has 0 N–H and O–H groups in total. The van der Waals surface area contributed by atoms with Gasteiger partial charge in [-0.05, 0) is 37.8 Å². The summed E-state index contributed by atoms with van der Waals surface area (Å²) in [7, 11) is 0. The highest BCUT2D eigenvalue weighted by Crippen LogP contribution is 2.28. The smallest absolute Gasteiger partial charge is 0.164 e. The maximum atomic E-state index is 12.0. The first-order valence-electron chi connectivity index (χ1n) is 6.97. The van der Waals surface area contributed by atoms with Crippen LogP contribution in [-0.2, 0) is 11.2 Å².